The second-order valence-electron chi connectivity index (χ2n) is 3.54. The molecule has 0 spiro atoms. The van der Waals surface area contributed by atoms with E-state index in [2.05, 4.69) is 31.4 Å². The van der Waals surface area contributed by atoms with Crippen LogP contribution in [-0.2, 0) is 6.54 Å². The van der Waals surface area contributed by atoms with Gasteiger partial charge in [-0.25, -0.2) is 0 Å². The zero-order valence-corrected chi connectivity index (χ0v) is 11.7. The molecule has 1 heterocycles. The lowest BCUT2D eigenvalue weighted by atomic mass is 10.2. The number of nitrogens with one attached hydrogen (secondary N) is 1. The predicted molar refractivity (Wildman–Crippen MR) is 69.4 cm³/mol. The van der Waals surface area contributed by atoms with Crippen LogP contribution in [0, 0.1) is 6.92 Å². The zero-order chi connectivity index (χ0) is 13.1. The lowest BCUT2D eigenvalue weighted by Crippen LogP contribution is -2.23. The quantitative estimate of drug-likeness (QED) is 0.939. The maximum atomic E-state index is 11.8. The molecule has 2 rings (SSSR count). The molecule has 0 bridgehead atoms. The highest BCUT2D eigenvalue weighted by atomic mass is 79.9. The topological polar surface area (TPSA) is 68.0 Å². The highest BCUT2D eigenvalue weighted by Crippen LogP contribution is 2.23. The molecule has 0 radical (unpaired) electrons. The number of amides is 1. The Bertz CT molecular complexity index is 585. The van der Waals surface area contributed by atoms with Crippen LogP contribution < -0.4 is 5.32 Å². The number of aromatic nitrogens is 2. The summed E-state index contributed by atoms with van der Waals surface area (Å²) in [7, 11) is 0. The van der Waals surface area contributed by atoms with E-state index in [0.29, 0.717) is 26.8 Å². The van der Waals surface area contributed by atoms with Gasteiger partial charge in [0.15, 0.2) is 5.82 Å². The van der Waals surface area contributed by atoms with Gasteiger partial charge in [0.05, 0.1) is 11.6 Å². The van der Waals surface area contributed by atoms with Crippen molar-refractivity contribution < 1.29 is 9.32 Å². The molecule has 1 amide bonds. The third kappa shape index (κ3) is 3.08. The molecule has 5 nitrogen and oxygen atoms in total. The van der Waals surface area contributed by atoms with Gasteiger partial charge in [-0.05, 0) is 34.1 Å². The molecular formula is C11H9BrClN3O2. The summed E-state index contributed by atoms with van der Waals surface area (Å²) in [6.45, 7) is 1.91. The summed E-state index contributed by atoms with van der Waals surface area (Å²) < 4.78 is 5.47. The Morgan fingerprint density at radius 1 is 1.56 bits per heavy atom. The predicted octanol–water partition coefficient (Wildman–Crippen LogP) is 2.72. The molecule has 2 aromatic rings. The fraction of sp³-hybridized carbons (Fsp3) is 0.182. The monoisotopic (exact) mass is 329 g/mol. The molecule has 1 N–H and O–H groups in total. The number of rotatable bonds is 3. The van der Waals surface area contributed by atoms with Gasteiger partial charge in [-0.15, -0.1) is 0 Å². The van der Waals surface area contributed by atoms with Crippen molar-refractivity contribution >= 4 is 33.4 Å². The van der Waals surface area contributed by atoms with Crippen LogP contribution in [0.1, 0.15) is 22.1 Å². The molecule has 7 heteroatoms. The van der Waals surface area contributed by atoms with Gasteiger partial charge in [-0.2, -0.15) is 4.98 Å². The van der Waals surface area contributed by atoms with E-state index in [4.69, 9.17) is 16.1 Å². The number of halogens is 2. The average Bonchev–Trinajstić information content (AvgIpc) is 2.75. The highest BCUT2D eigenvalue weighted by molar-refractivity contribution is 9.10. The van der Waals surface area contributed by atoms with E-state index in [1.165, 1.54) is 0 Å². The van der Waals surface area contributed by atoms with Crippen molar-refractivity contribution in [3.63, 3.8) is 0 Å². The van der Waals surface area contributed by atoms with Crippen molar-refractivity contribution in [1.29, 1.82) is 0 Å². The maximum absolute atomic E-state index is 11.8. The van der Waals surface area contributed by atoms with Gasteiger partial charge in [0, 0.05) is 17.0 Å². The minimum Gasteiger partial charge on any atom is -0.345 e. The van der Waals surface area contributed by atoms with Crippen molar-refractivity contribution in [2.75, 3.05) is 0 Å². The molecule has 0 aliphatic rings. The molecule has 0 fully saturated rings. The molecule has 94 valence electrons. The summed E-state index contributed by atoms with van der Waals surface area (Å²) in [5.41, 5.74) is 0.506. The first kappa shape index (κ1) is 13.0. The number of carbonyl (C=O) groups excluding carboxylic acids is 1. The molecule has 0 aliphatic carbocycles. The van der Waals surface area contributed by atoms with E-state index < -0.39 is 0 Å². The van der Waals surface area contributed by atoms with E-state index in [-0.39, 0.29) is 12.5 Å². The van der Waals surface area contributed by atoms with Crippen molar-refractivity contribution in [3.05, 3.63) is 45.0 Å². The number of nitrogens with zero attached hydrogens (tertiary/aromatic N) is 2. The number of hydrogen-bond acceptors (Lipinski definition) is 4. The lowest BCUT2D eigenvalue weighted by Gasteiger charge is -2.03. The number of carbonyl (C=O) groups is 1. The Morgan fingerprint density at radius 3 is 2.94 bits per heavy atom. The zero-order valence-electron chi connectivity index (χ0n) is 9.41. The first-order chi connectivity index (χ1) is 8.56. The van der Waals surface area contributed by atoms with Crippen LogP contribution in [0.2, 0.25) is 5.02 Å². The standard InChI is InChI=1S/C11H9BrClN3O2/c1-6-15-10(16-18-6)5-14-11(17)7-2-3-9(13)8(12)4-7/h2-4H,5H2,1H3,(H,14,17). The fourth-order valence-electron chi connectivity index (χ4n) is 1.31. The molecule has 0 aliphatic heterocycles. The van der Waals surface area contributed by atoms with Crippen molar-refractivity contribution in [3.8, 4) is 0 Å². The SMILES string of the molecule is Cc1nc(CNC(=O)c2ccc(Cl)c(Br)c2)no1. The number of hydrogen-bond donors (Lipinski definition) is 1. The molecule has 1 aromatic carbocycles. The molecular weight excluding hydrogens is 321 g/mol. The minimum atomic E-state index is -0.227. The molecule has 0 atom stereocenters. The normalized spacial score (nSPS) is 10.4. The summed E-state index contributed by atoms with van der Waals surface area (Å²) in [6.07, 6.45) is 0. The van der Waals surface area contributed by atoms with Crippen LogP contribution >= 0.6 is 27.5 Å². The van der Waals surface area contributed by atoms with Gasteiger partial charge in [0.2, 0.25) is 5.89 Å². The van der Waals surface area contributed by atoms with Crippen LogP contribution in [0.4, 0.5) is 0 Å². The molecule has 0 saturated carbocycles. The first-order valence-electron chi connectivity index (χ1n) is 5.08. The van der Waals surface area contributed by atoms with E-state index in [1.54, 1.807) is 25.1 Å². The molecule has 0 saturated heterocycles. The summed E-state index contributed by atoms with van der Waals surface area (Å²) in [5, 5.41) is 6.93. The Kier molecular flexibility index (Phi) is 3.98. The van der Waals surface area contributed by atoms with Crippen molar-refractivity contribution in [2.45, 2.75) is 13.5 Å². The van der Waals surface area contributed by atoms with E-state index in [0.717, 1.165) is 0 Å². The lowest BCUT2D eigenvalue weighted by molar-refractivity contribution is 0.0949. The first-order valence-corrected chi connectivity index (χ1v) is 6.26. The summed E-state index contributed by atoms with van der Waals surface area (Å²) >= 11 is 9.11. The Morgan fingerprint density at radius 2 is 2.33 bits per heavy atom. The summed E-state index contributed by atoms with van der Waals surface area (Å²) in [6, 6.07) is 4.95. The van der Waals surface area contributed by atoms with Crippen LogP contribution in [-0.4, -0.2) is 16.0 Å². The maximum Gasteiger partial charge on any atom is 0.251 e. The summed E-state index contributed by atoms with van der Waals surface area (Å²) in [5.74, 6) is 0.678. The minimum absolute atomic E-state index is 0.219. The van der Waals surface area contributed by atoms with Gasteiger partial charge >= 0.3 is 0 Å². The van der Waals surface area contributed by atoms with Gasteiger partial charge in [0.1, 0.15) is 0 Å². The van der Waals surface area contributed by atoms with Gasteiger partial charge in [-0.3, -0.25) is 4.79 Å². The highest BCUT2D eigenvalue weighted by Gasteiger charge is 2.09. The van der Waals surface area contributed by atoms with E-state index >= 15 is 0 Å². The fourth-order valence-corrected chi connectivity index (χ4v) is 1.81. The molecule has 18 heavy (non-hydrogen) atoms. The average molecular weight is 331 g/mol. The smallest absolute Gasteiger partial charge is 0.251 e. The van der Waals surface area contributed by atoms with Crippen molar-refractivity contribution in [1.82, 2.24) is 15.5 Å². The van der Waals surface area contributed by atoms with Crippen LogP contribution in [0.25, 0.3) is 0 Å². The molecule has 0 unspecified atom stereocenters. The van der Waals surface area contributed by atoms with Crippen LogP contribution in [0.3, 0.4) is 0 Å². The Labute approximate surface area is 117 Å². The van der Waals surface area contributed by atoms with Crippen molar-refractivity contribution in [2.24, 2.45) is 0 Å². The van der Waals surface area contributed by atoms with E-state index in [9.17, 15) is 4.79 Å². The van der Waals surface area contributed by atoms with Gasteiger partial charge in [-0.1, -0.05) is 16.8 Å². The number of aryl methyl sites for hydroxylation is 1. The Hall–Kier alpha value is -1.40. The Balaban J connectivity index is 2.01. The largest absolute Gasteiger partial charge is 0.345 e. The third-order valence-corrected chi connectivity index (χ3v) is 3.37. The van der Waals surface area contributed by atoms with Crippen LogP contribution in [0.15, 0.2) is 27.2 Å². The number of benzene rings is 1. The van der Waals surface area contributed by atoms with Gasteiger partial charge in [0.25, 0.3) is 5.91 Å². The second kappa shape index (κ2) is 5.49. The van der Waals surface area contributed by atoms with Crippen LogP contribution in [0.5, 0.6) is 0 Å². The van der Waals surface area contributed by atoms with E-state index in [1.807, 2.05) is 0 Å². The third-order valence-electron chi connectivity index (χ3n) is 2.16. The van der Waals surface area contributed by atoms with Gasteiger partial charge < -0.3 is 9.84 Å². The summed E-state index contributed by atoms with van der Waals surface area (Å²) in [4.78, 5) is 15.8. The molecule has 1 aromatic heterocycles. The second-order valence-corrected chi connectivity index (χ2v) is 4.80.